The standard InChI is InChI=1S/C12H6Cl2F2N4/c13-6-1-2-7(8(14)3-6)9-4-17-11-10(19-9)5-18-20(11)12(15)16/h1-5,12H. The number of halogens is 4. The zero-order valence-corrected chi connectivity index (χ0v) is 11.3. The number of fused-ring (bicyclic) bond motifs is 1. The molecule has 0 amide bonds. The molecule has 0 spiro atoms. The molecule has 4 nitrogen and oxygen atoms in total. The summed E-state index contributed by atoms with van der Waals surface area (Å²) in [4.78, 5) is 8.20. The zero-order chi connectivity index (χ0) is 14.3. The Bertz CT molecular complexity index is 788. The van der Waals surface area contributed by atoms with Gasteiger partial charge in [-0.15, -0.1) is 0 Å². The summed E-state index contributed by atoms with van der Waals surface area (Å²) in [6.07, 6.45) is 2.61. The van der Waals surface area contributed by atoms with Crippen molar-refractivity contribution in [2.45, 2.75) is 6.55 Å². The van der Waals surface area contributed by atoms with Crippen LogP contribution >= 0.6 is 23.2 Å². The van der Waals surface area contributed by atoms with E-state index in [0.717, 1.165) is 0 Å². The zero-order valence-electron chi connectivity index (χ0n) is 9.76. The highest BCUT2D eigenvalue weighted by Crippen LogP contribution is 2.29. The molecule has 0 fully saturated rings. The maximum Gasteiger partial charge on any atom is 0.335 e. The van der Waals surface area contributed by atoms with Gasteiger partial charge in [0.2, 0.25) is 0 Å². The van der Waals surface area contributed by atoms with Crippen molar-refractivity contribution >= 4 is 34.4 Å². The van der Waals surface area contributed by atoms with Crippen LogP contribution in [0.1, 0.15) is 6.55 Å². The summed E-state index contributed by atoms with van der Waals surface area (Å²) in [6, 6.07) is 4.93. The minimum atomic E-state index is -2.76. The third-order valence-electron chi connectivity index (χ3n) is 2.69. The van der Waals surface area contributed by atoms with Gasteiger partial charge in [-0.05, 0) is 18.2 Å². The first-order chi connectivity index (χ1) is 9.56. The molecule has 2 aromatic heterocycles. The number of benzene rings is 1. The maximum absolute atomic E-state index is 12.7. The van der Waals surface area contributed by atoms with Crippen LogP contribution in [-0.4, -0.2) is 19.7 Å². The molecule has 0 N–H and O–H groups in total. The van der Waals surface area contributed by atoms with Gasteiger partial charge < -0.3 is 0 Å². The molecule has 102 valence electrons. The summed E-state index contributed by atoms with van der Waals surface area (Å²) in [5, 5.41) is 4.46. The van der Waals surface area contributed by atoms with E-state index in [0.29, 0.717) is 26.0 Å². The lowest BCUT2D eigenvalue weighted by molar-refractivity contribution is 0.0608. The van der Waals surface area contributed by atoms with E-state index >= 15 is 0 Å². The third-order valence-corrected chi connectivity index (χ3v) is 3.24. The van der Waals surface area contributed by atoms with E-state index in [1.807, 2.05) is 0 Å². The molecule has 3 rings (SSSR count). The number of alkyl halides is 2. The van der Waals surface area contributed by atoms with Gasteiger partial charge in [0, 0.05) is 10.6 Å². The monoisotopic (exact) mass is 314 g/mol. The predicted octanol–water partition coefficient (Wildman–Crippen LogP) is 4.20. The minimum absolute atomic E-state index is 0.0221. The van der Waals surface area contributed by atoms with Gasteiger partial charge in [-0.25, -0.2) is 9.97 Å². The molecule has 0 radical (unpaired) electrons. The summed E-state index contributed by atoms with van der Waals surface area (Å²) in [6.45, 7) is -2.76. The van der Waals surface area contributed by atoms with Crippen molar-refractivity contribution < 1.29 is 8.78 Å². The SMILES string of the molecule is FC(F)n1ncc2nc(-c3ccc(Cl)cc3Cl)cnc21. The fourth-order valence-electron chi connectivity index (χ4n) is 1.80. The lowest BCUT2D eigenvalue weighted by Gasteiger charge is -2.04. The molecule has 0 aliphatic heterocycles. The normalized spacial score (nSPS) is 11.4. The summed E-state index contributed by atoms with van der Waals surface area (Å²) >= 11 is 11.9. The smallest absolute Gasteiger partial charge is 0.241 e. The van der Waals surface area contributed by atoms with Crippen LogP contribution in [0.15, 0.2) is 30.6 Å². The van der Waals surface area contributed by atoms with Crippen molar-refractivity contribution in [1.82, 2.24) is 19.7 Å². The minimum Gasteiger partial charge on any atom is -0.241 e. The van der Waals surface area contributed by atoms with Crippen molar-refractivity contribution in [2.75, 3.05) is 0 Å². The quantitative estimate of drug-likeness (QED) is 0.712. The molecule has 20 heavy (non-hydrogen) atoms. The first kappa shape index (κ1) is 13.2. The van der Waals surface area contributed by atoms with Crippen molar-refractivity contribution in [1.29, 1.82) is 0 Å². The fourth-order valence-corrected chi connectivity index (χ4v) is 2.31. The van der Waals surface area contributed by atoms with Crippen LogP contribution in [0.3, 0.4) is 0 Å². The van der Waals surface area contributed by atoms with Gasteiger partial charge in [0.25, 0.3) is 0 Å². The van der Waals surface area contributed by atoms with Crippen LogP contribution in [0.5, 0.6) is 0 Å². The Morgan fingerprint density at radius 2 is 1.95 bits per heavy atom. The molecule has 0 aliphatic carbocycles. The van der Waals surface area contributed by atoms with Gasteiger partial charge in [-0.2, -0.15) is 18.6 Å². The van der Waals surface area contributed by atoms with Crippen LogP contribution in [0.25, 0.3) is 22.4 Å². The first-order valence-corrected chi connectivity index (χ1v) is 6.25. The van der Waals surface area contributed by atoms with Crippen LogP contribution in [0.2, 0.25) is 10.0 Å². The van der Waals surface area contributed by atoms with Crippen molar-refractivity contribution in [3.63, 3.8) is 0 Å². The van der Waals surface area contributed by atoms with Gasteiger partial charge in [-0.1, -0.05) is 23.2 Å². The molecule has 0 atom stereocenters. The molecule has 2 heterocycles. The Balaban J connectivity index is 2.14. The van der Waals surface area contributed by atoms with Gasteiger partial charge in [0.05, 0.1) is 23.1 Å². The largest absolute Gasteiger partial charge is 0.335 e. The lowest BCUT2D eigenvalue weighted by atomic mass is 10.1. The van der Waals surface area contributed by atoms with E-state index in [1.165, 1.54) is 12.4 Å². The molecule has 3 aromatic rings. The summed E-state index contributed by atoms with van der Waals surface area (Å²) in [5.41, 5.74) is 1.38. The molecule has 0 unspecified atom stereocenters. The van der Waals surface area contributed by atoms with Gasteiger partial charge in [0.15, 0.2) is 5.65 Å². The Kier molecular flexibility index (Phi) is 3.27. The van der Waals surface area contributed by atoms with E-state index < -0.39 is 6.55 Å². The van der Waals surface area contributed by atoms with E-state index in [4.69, 9.17) is 23.2 Å². The Morgan fingerprint density at radius 3 is 2.65 bits per heavy atom. The van der Waals surface area contributed by atoms with Crippen LogP contribution in [-0.2, 0) is 0 Å². The van der Waals surface area contributed by atoms with Gasteiger partial charge in [0.1, 0.15) is 5.52 Å². The summed E-state index contributed by atoms with van der Waals surface area (Å²) in [5.74, 6) is 0. The molecular formula is C12H6Cl2F2N4. The lowest BCUT2D eigenvalue weighted by Crippen LogP contribution is -2.01. The fraction of sp³-hybridized carbons (Fsp3) is 0.0833. The van der Waals surface area contributed by atoms with E-state index in [9.17, 15) is 8.78 Å². The molecule has 0 saturated heterocycles. The molecule has 1 aromatic carbocycles. The number of hydrogen-bond donors (Lipinski definition) is 0. The van der Waals surface area contributed by atoms with Gasteiger partial charge in [-0.3, -0.25) is 0 Å². The molecule has 0 saturated carbocycles. The Labute approximate surface area is 122 Å². The molecule has 0 aliphatic rings. The number of rotatable bonds is 2. The number of nitrogens with zero attached hydrogens (tertiary/aromatic N) is 4. The highest BCUT2D eigenvalue weighted by molar-refractivity contribution is 6.36. The highest BCUT2D eigenvalue weighted by atomic mass is 35.5. The second-order valence-electron chi connectivity index (χ2n) is 3.96. The van der Waals surface area contributed by atoms with Crippen LogP contribution in [0, 0.1) is 0 Å². The summed E-state index contributed by atoms with van der Waals surface area (Å²) < 4.78 is 25.8. The average molecular weight is 315 g/mol. The highest BCUT2D eigenvalue weighted by Gasteiger charge is 2.15. The number of hydrogen-bond acceptors (Lipinski definition) is 3. The third kappa shape index (κ3) is 2.21. The molecule has 8 heteroatoms. The van der Waals surface area contributed by atoms with Crippen LogP contribution in [0.4, 0.5) is 8.78 Å². The van der Waals surface area contributed by atoms with E-state index in [-0.39, 0.29) is 11.2 Å². The summed E-state index contributed by atoms with van der Waals surface area (Å²) in [7, 11) is 0. The Hall–Kier alpha value is -1.79. The first-order valence-electron chi connectivity index (χ1n) is 5.50. The van der Waals surface area contributed by atoms with E-state index in [2.05, 4.69) is 15.1 Å². The van der Waals surface area contributed by atoms with Crippen molar-refractivity contribution in [3.8, 4) is 11.3 Å². The Morgan fingerprint density at radius 1 is 1.15 bits per heavy atom. The van der Waals surface area contributed by atoms with Crippen LogP contribution < -0.4 is 0 Å². The average Bonchev–Trinajstić information content (AvgIpc) is 2.81. The van der Waals surface area contributed by atoms with E-state index in [1.54, 1.807) is 18.2 Å². The second kappa shape index (κ2) is 4.96. The predicted molar refractivity (Wildman–Crippen MR) is 72.0 cm³/mol. The topological polar surface area (TPSA) is 43.6 Å². The number of aromatic nitrogens is 4. The molecular weight excluding hydrogens is 309 g/mol. The molecule has 0 bridgehead atoms. The second-order valence-corrected chi connectivity index (χ2v) is 4.80. The maximum atomic E-state index is 12.7. The van der Waals surface area contributed by atoms with Gasteiger partial charge >= 0.3 is 6.55 Å². The van der Waals surface area contributed by atoms with Crippen molar-refractivity contribution in [2.24, 2.45) is 0 Å². The van der Waals surface area contributed by atoms with Crippen molar-refractivity contribution in [3.05, 3.63) is 40.6 Å².